The van der Waals surface area contributed by atoms with Gasteiger partial charge in [-0.25, -0.2) is 4.98 Å². The average Bonchev–Trinajstić information content (AvgIpc) is 2.94. The van der Waals surface area contributed by atoms with E-state index < -0.39 is 0 Å². The second kappa shape index (κ2) is 5.75. The summed E-state index contributed by atoms with van der Waals surface area (Å²) in [4.78, 5) is 25.0. The molecule has 2 fully saturated rings. The van der Waals surface area contributed by atoms with Crippen LogP contribution in [-0.4, -0.2) is 53.0 Å². The van der Waals surface area contributed by atoms with Crippen LogP contribution >= 0.6 is 0 Å². The van der Waals surface area contributed by atoms with Gasteiger partial charge in [-0.3, -0.25) is 9.78 Å². The summed E-state index contributed by atoms with van der Waals surface area (Å²) >= 11 is 0. The van der Waals surface area contributed by atoms with Crippen molar-refractivity contribution in [1.82, 2.24) is 14.9 Å². The summed E-state index contributed by atoms with van der Waals surface area (Å²) in [6.07, 6.45) is 8.15. The van der Waals surface area contributed by atoms with Crippen molar-refractivity contribution in [2.75, 3.05) is 31.1 Å². The number of carbonyl (C=O) groups excluding carboxylic acids is 1. The number of nitrogens with two attached hydrogens (primary N) is 1. The molecule has 2 aliphatic rings. The largest absolute Gasteiger partial charge is 0.352 e. The van der Waals surface area contributed by atoms with Gasteiger partial charge in [-0.2, -0.15) is 0 Å². The molecule has 6 heteroatoms. The fourth-order valence-electron chi connectivity index (χ4n) is 3.14. The number of nitrogens with zero attached hydrogens (tertiary/aromatic N) is 4. The molecule has 2 N–H and O–H groups in total. The number of amides is 1. The Labute approximate surface area is 119 Å². The summed E-state index contributed by atoms with van der Waals surface area (Å²) in [5.41, 5.74) is 6.03. The van der Waals surface area contributed by atoms with E-state index in [1.165, 1.54) is 0 Å². The minimum Gasteiger partial charge on any atom is -0.352 e. The van der Waals surface area contributed by atoms with Crippen molar-refractivity contribution in [3.05, 3.63) is 18.6 Å². The van der Waals surface area contributed by atoms with Gasteiger partial charge in [0.2, 0.25) is 5.91 Å². The minimum atomic E-state index is 0.0399. The van der Waals surface area contributed by atoms with Gasteiger partial charge in [-0.05, 0) is 12.8 Å². The molecule has 2 heterocycles. The number of hydrogen-bond donors (Lipinski definition) is 1. The highest BCUT2D eigenvalue weighted by Gasteiger charge is 2.34. The molecule has 3 rings (SSSR count). The van der Waals surface area contributed by atoms with Crippen LogP contribution in [0.4, 0.5) is 5.82 Å². The predicted octanol–water partition coefficient (Wildman–Crippen LogP) is 0.253. The van der Waals surface area contributed by atoms with Crippen molar-refractivity contribution in [1.29, 1.82) is 0 Å². The van der Waals surface area contributed by atoms with Crippen LogP contribution in [0.3, 0.4) is 0 Å². The summed E-state index contributed by atoms with van der Waals surface area (Å²) in [6.45, 7) is 3.12. The third kappa shape index (κ3) is 2.60. The molecule has 108 valence electrons. The van der Waals surface area contributed by atoms with Crippen LogP contribution in [0.2, 0.25) is 0 Å². The molecule has 1 saturated carbocycles. The van der Waals surface area contributed by atoms with E-state index >= 15 is 0 Å². The Morgan fingerprint density at radius 3 is 2.60 bits per heavy atom. The number of piperazine rings is 1. The van der Waals surface area contributed by atoms with E-state index in [1.807, 2.05) is 4.90 Å². The molecule has 20 heavy (non-hydrogen) atoms. The normalized spacial score (nSPS) is 26.9. The Hall–Kier alpha value is -1.69. The highest BCUT2D eigenvalue weighted by atomic mass is 16.2. The Morgan fingerprint density at radius 1 is 1.20 bits per heavy atom. The monoisotopic (exact) mass is 275 g/mol. The van der Waals surface area contributed by atoms with Crippen molar-refractivity contribution < 1.29 is 4.79 Å². The van der Waals surface area contributed by atoms with Crippen LogP contribution in [0.1, 0.15) is 19.3 Å². The van der Waals surface area contributed by atoms with Crippen molar-refractivity contribution in [3.8, 4) is 0 Å². The van der Waals surface area contributed by atoms with Gasteiger partial charge >= 0.3 is 0 Å². The van der Waals surface area contributed by atoms with E-state index in [1.54, 1.807) is 18.6 Å². The molecular formula is C14H21N5O. The lowest BCUT2D eigenvalue weighted by Gasteiger charge is -2.36. The zero-order valence-corrected chi connectivity index (χ0v) is 11.6. The topological polar surface area (TPSA) is 75.4 Å². The second-order valence-electron chi connectivity index (χ2n) is 5.58. The second-order valence-corrected chi connectivity index (χ2v) is 5.58. The van der Waals surface area contributed by atoms with Crippen LogP contribution in [-0.2, 0) is 4.79 Å². The Kier molecular flexibility index (Phi) is 3.82. The molecule has 1 aromatic heterocycles. The molecule has 1 aliphatic carbocycles. The van der Waals surface area contributed by atoms with E-state index in [9.17, 15) is 4.79 Å². The lowest BCUT2D eigenvalue weighted by atomic mass is 10.0. The molecule has 0 spiro atoms. The maximum atomic E-state index is 12.5. The first kappa shape index (κ1) is 13.3. The van der Waals surface area contributed by atoms with Gasteiger partial charge in [0.05, 0.1) is 12.1 Å². The van der Waals surface area contributed by atoms with Crippen molar-refractivity contribution in [2.24, 2.45) is 11.7 Å². The van der Waals surface area contributed by atoms with Gasteiger partial charge in [0.15, 0.2) is 0 Å². The summed E-state index contributed by atoms with van der Waals surface area (Å²) in [5, 5.41) is 0. The Bertz CT molecular complexity index is 458. The SMILES string of the molecule is NC1CCCC1C(=O)N1CCN(c2cnccn2)CC1. The van der Waals surface area contributed by atoms with Crippen LogP contribution in [0, 0.1) is 5.92 Å². The van der Waals surface area contributed by atoms with Gasteiger partial charge in [-0.1, -0.05) is 6.42 Å². The molecule has 0 radical (unpaired) electrons. The number of hydrogen-bond acceptors (Lipinski definition) is 5. The smallest absolute Gasteiger partial charge is 0.227 e. The first-order valence-corrected chi connectivity index (χ1v) is 7.31. The Balaban J connectivity index is 1.57. The minimum absolute atomic E-state index is 0.0399. The van der Waals surface area contributed by atoms with Gasteiger partial charge in [0.1, 0.15) is 5.82 Å². The third-order valence-corrected chi connectivity index (χ3v) is 4.35. The lowest BCUT2D eigenvalue weighted by Crippen LogP contribution is -2.52. The molecule has 0 aromatic carbocycles. The number of carbonyl (C=O) groups is 1. The fraction of sp³-hybridized carbons (Fsp3) is 0.643. The third-order valence-electron chi connectivity index (χ3n) is 4.35. The lowest BCUT2D eigenvalue weighted by molar-refractivity contribution is -0.136. The molecule has 6 nitrogen and oxygen atoms in total. The molecule has 1 amide bonds. The summed E-state index contributed by atoms with van der Waals surface area (Å²) in [5.74, 6) is 1.17. The first-order chi connectivity index (χ1) is 9.75. The van der Waals surface area contributed by atoms with Crippen LogP contribution in [0.5, 0.6) is 0 Å². The predicted molar refractivity (Wildman–Crippen MR) is 76.1 cm³/mol. The van der Waals surface area contributed by atoms with Crippen LogP contribution in [0.25, 0.3) is 0 Å². The van der Waals surface area contributed by atoms with Gasteiger partial charge in [0, 0.05) is 44.6 Å². The number of anilines is 1. The van der Waals surface area contributed by atoms with E-state index in [0.717, 1.165) is 51.3 Å². The van der Waals surface area contributed by atoms with Crippen LogP contribution in [0.15, 0.2) is 18.6 Å². The fourth-order valence-corrected chi connectivity index (χ4v) is 3.14. The molecule has 2 unspecified atom stereocenters. The van der Waals surface area contributed by atoms with Gasteiger partial charge < -0.3 is 15.5 Å². The zero-order chi connectivity index (χ0) is 13.9. The summed E-state index contributed by atoms with van der Waals surface area (Å²) in [6, 6.07) is 0.0560. The van der Waals surface area contributed by atoms with Gasteiger partial charge in [0.25, 0.3) is 0 Å². The van der Waals surface area contributed by atoms with Crippen molar-refractivity contribution >= 4 is 11.7 Å². The number of aromatic nitrogens is 2. The van der Waals surface area contributed by atoms with Crippen molar-refractivity contribution in [2.45, 2.75) is 25.3 Å². The Morgan fingerprint density at radius 2 is 2.00 bits per heavy atom. The van der Waals surface area contributed by atoms with E-state index in [-0.39, 0.29) is 17.9 Å². The molecular weight excluding hydrogens is 254 g/mol. The van der Waals surface area contributed by atoms with Gasteiger partial charge in [-0.15, -0.1) is 0 Å². The molecule has 1 aromatic rings. The maximum absolute atomic E-state index is 12.5. The summed E-state index contributed by atoms with van der Waals surface area (Å²) < 4.78 is 0. The zero-order valence-electron chi connectivity index (χ0n) is 11.6. The van der Waals surface area contributed by atoms with Crippen molar-refractivity contribution in [3.63, 3.8) is 0 Å². The quantitative estimate of drug-likeness (QED) is 0.837. The van der Waals surface area contributed by atoms with E-state index in [2.05, 4.69) is 14.9 Å². The summed E-state index contributed by atoms with van der Waals surface area (Å²) in [7, 11) is 0. The highest BCUT2D eigenvalue weighted by molar-refractivity contribution is 5.80. The number of rotatable bonds is 2. The van der Waals surface area contributed by atoms with E-state index in [0.29, 0.717) is 0 Å². The highest BCUT2D eigenvalue weighted by Crippen LogP contribution is 2.26. The maximum Gasteiger partial charge on any atom is 0.227 e. The molecule has 1 saturated heterocycles. The van der Waals surface area contributed by atoms with E-state index in [4.69, 9.17) is 5.73 Å². The average molecular weight is 275 g/mol. The molecule has 0 bridgehead atoms. The standard InChI is InChI=1S/C14H21N5O/c15-12-3-1-2-11(12)14(20)19-8-6-18(7-9-19)13-10-16-4-5-17-13/h4-5,10-12H,1-3,6-9,15H2. The molecule has 1 aliphatic heterocycles. The van der Waals surface area contributed by atoms with Crippen LogP contribution < -0.4 is 10.6 Å². The first-order valence-electron chi connectivity index (χ1n) is 7.31. The molecule has 2 atom stereocenters.